The van der Waals surface area contributed by atoms with Gasteiger partial charge in [-0.25, -0.2) is 23.3 Å². The number of H-pyrrole nitrogens is 2. The molecule has 0 saturated carbocycles. The van der Waals surface area contributed by atoms with Crippen LogP contribution in [0.2, 0.25) is 0 Å². The predicted molar refractivity (Wildman–Crippen MR) is 147 cm³/mol. The number of ether oxygens (including phenoxy) is 2. The molecule has 0 spiro atoms. The van der Waals surface area contributed by atoms with Crippen molar-refractivity contribution in [3.63, 3.8) is 0 Å². The van der Waals surface area contributed by atoms with Crippen LogP contribution < -0.4 is 22.6 Å². The zero-order chi connectivity index (χ0) is 32.7. The SMILES string of the molecule is Nc1nc2c(ncn2[C@@H]2O[C@@H]3/C=C\P(=O)(O)O[C@H]4[C@@H](F)[C@H](n5cnc6c(=O)[nH]c(N)nc65)O[C@@H]4COP(=O)(O)O[C@H]3[C@H]2F)c(=O)[nH]1. The monoisotopic (exact) mass is 690 g/mol. The Morgan fingerprint density at radius 2 is 1.41 bits per heavy atom. The van der Waals surface area contributed by atoms with E-state index in [1.165, 1.54) is 0 Å². The number of phosphoric ester groups is 1. The van der Waals surface area contributed by atoms with E-state index in [4.69, 9.17) is 34.5 Å². The largest absolute Gasteiger partial charge is 0.472 e. The molecule has 4 aromatic heterocycles. The normalized spacial score (nSPS) is 37.5. The highest BCUT2D eigenvalue weighted by Crippen LogP contribution is 2.54. The maximum Gasteiger partial charge on any atom is 0.472 e. The van der Waals surface area contributed by atoms with E-state index in [-0.39, 0.29) is 34.2 Å². The Morgan fingerprint density at radius 1 is 0.870 bits per heavy atom. The number of aromatic amines is 2. The molecule has 46 heavy (non-hydrogen) atoms. The van der Waals surface area contributed by atoms with Gasteiger partial charge >= 0.3 is 15.4 Å². The quantitative estimate of drug-likeness (QED) is 0.144. The number of nitrogens with zero attached hydrogens (tertiary/aromatic N) is 6. The third kappa shape index (κ3) is 5.24. The minimum absolute atomic E-state index is 0.197. The number of aromatic nitrogens is 8. The van der Waals surface area contributed by atoms with E-state index >= 15 is 8.78 Å². The molecule has 2 fully saturated rings. The molecule has 3 aliphatic rings. The molecule has 21 nitrogen and oxygen atoms in total. The lowest BCUT2D eigenvalue weighted by molar-refractivity contribution is -0.0481. The van der Waals surface area contributed by atoms with Gasteiger partial charge in [0.1, 0.15) is 24.4 Å². The number of anilines is 2. The first-order valence-electron chi connectivity index (χ1n) is 13.1. The lowest BCUT2D eigenvalue weighted by Crippen LogP contribution is -2.35. The highest BCUT2D eigenvalue weighted by Gasteiger charge is 2.53. The average Bonchev–Trinajstić information content (AvgIpc) is 3.72. The molecule has 8 N–H and O–H groups in total. The van der Waals surface area contributed by atoms with E-state index in [0.717, 1.165) is 27.9 Å². The van der Waals surface area contributed by atoms with Crippen LogP contribution in [0.25, 0.3) is 22.3 Å². The summed E-state index contributed by atoms with van der Waals surface area (Å²) in [5.74, 6) is -0.0799. The molecule has 2 saturated heterocycles. The summed E-state index contributed by atoms with van der Waals surface area (Å²) in [6.45, 7) is -0.960. The molecule has 0 aromatic carbocycles. The zero-order valence-corrected chi connectivity index (χ0v) is 24.5. The van der Waals surface area contributed by atoms with Crippen LogP contribution in [-0.4, -0.2) is 92.2 Å². The van der Waals surface area contributed by atoms with E-state index in [9.17, 15) is 28.5 Å². The Balaban J connectivity index is 1.21. The van der Waals surface area contributed by atoms with Crippen LogP contribution in [-0.2, 0) is 32.2 Å². The summed E-state index contributed by atoms with van der Waals surface area (Å²) in [5, 5.41) is 0. The van der Waals surface area contributed by atoms with Crippen LogP contribution in [0.1, 0.15) is 12.5 Å². The summed E-state index contributed by atoms with van der Waals surface area (Å²) < 4.78 is 86.5. The number of hydrogen-bond acceptors (Lipinski definition) is 15. The molecular weight excluding hydrogens is 668 g/mol. The Kier molecular flexibility index (Phi) is 7.23. The molecule has 0 amide bonds. The standard InChI is InChI=1S/C21H22F2N10O11P2/c22-8-12-6(41-18(8)32-4-26-10-14(32)28-20(24)30-16(10)34)1-2-45(36,37)43-13-7(3-40-46(38,39)44-12)42-19(9(13)23)33-5-27-11-15(33)29-21(25)31-17(11)35/h1-2,4-9,12-13,18-19H,3H2,(H,36,37)(H,38,39)(H3,24,28,30,34)(H3,25,29,31,35)/b2-1-/t6-,7-,8-,9-,12-,13-,18-,19-/m1/s1. The van der Waals surface area contributed by atoms with Gasteiger partial charge in [-0.3, -0.25) is 46.8 Å². The molecule has 3 aliphatic heterocycles. The number of alkyl halides is 2. The Bertz CT molecular complexity index is 2100. The topological polar surface area (TPSA) is 300 Å². The Hall–Kier alpha value is -3.92. The van der Waals surface area contributed by atoms with Gasteiger partial charge in [0.15, 0.2) is 47.1 Å². The molecule has 246 valence electrons. The van der Waals surface area contributed by atoms with E-state index in [0.29, 0.717) is 5.82 Å². The van der Waals surface area contributed by atoms with Crippen molar-refractivity contribution in [2.75, 3.05) is 18.1 Å². The molecule has 7 rings (SSSR count). The van der Waals surface area contributed by atoms with Crippen molar-refractivity contribution in [2.24, 2.45) is 0 Å². The molecule has 4 aromatic rings. The first-order valence-corrected chi connectivity index (χ1v) is 16.3. The summed E-state index contributed by atoms with van der Waals surface area (Å²) in [7, 11) is -10.1. The molecule has 0 radical (unpaired) electrons. The van der Waals surface area contributed by atoms with Gasteiger partial charge < -0.3 is 30.7 Å². The van der Waals surface area contributed by atoms with Crippen molar-refractivity contribution >= 4 is 49.6 Å². The van der Waals surface area contributed by atoms with Gasteiger partial charge in [-0.05, 0) is 6.08 Å². The van der Waals surface area contributed by atoms with E-state index < -0.39 is 82.4 Å². The maximum absolute atomic E-state index is 15.9. The number of rotatable bonds is 2. The fraction of sp³-hybridized carbons (Fsp3) is 0.429. The number of phosphoric acid groups is 1. The second-order valence-electron chi connectivity index (χ2n) is 10.3. The van der Waals surface area contributed by atoms with Crippen LogP contribution in [0.4, 0.5) is 20.7 Å². The molecule has 2 unspecified atom stereocenters. The number of nitrogens with one attached hydrogen (secondary N) is 2. The molecule has 10 atom stereocenters. The van der Waals surface area contributed by atoms with Gasteiger partial charge in [0, 0.05) is 5.82 Å². The Labute approximate surface area is 252 Å². The third-order valence-corrected chi connectivity index (χ3v) is 9.40. The summed E-state index contributed by atoms with van der Waals surface area (Å²) in [5.41, 5.74) is 8.87. The van der Waals surface area contributed by atoms with Gasteiger partial charge in [-0.15, -0.1) is 0 Å². The predicted octanol–water partition coefficient (Wildman–Crippen LogP) is -0.512. The average molecular weight is 690 g/mol. The number of nitrogen functional groups attached to an aromatic ring is 2. The maximum atomic E-state index is 15.9. The van der Waals surface area contributed by atoms with Crippen LogP contribution in [0, 0.1) is 0 Å². The molecule has 25 heteroatoms. The van der Waals surface area contributed by atoms with Gasteiger partial charge in [0.25, 0.3) is 11.1 Å². The number of hydrogen-bond donors (Lipinski definition) is 6. The van der Waals surface area contributed by atoms with Crippen LogP contribution in [0.3, 0.4) is 0 Å². The van der Waals surface area contributed by atoms with Crippen LogP contribution in [0.15, 0.2) is 34.1 Å². The van der Waals surface area contributed by atoms with Gasteiger partial charge in [-0.2, -0.15) is 9.97 Å². The van der Waals surface area contributed by atoms with Crippen molar-refractivity contribution in [3.8, 4) is 0 Å². The summed E-state index contributed by atoms with van der Waals surface area (Å²) in [6, 6.07) is 0. The number of imidazole rings is 2. The van der Waals surface area contributed by atoms with E-state index in [2.05, 4.69) is 29.9 Å². The van der Waals surface area contributed by atoms with Crippen LogP contribution in [0.5, 0.6) is 0 Å². The smallest absolute Gasteiger partial charge is 0.369 e. The Morgan fingerprint density at radius 3 is 2.00 bits per heavy atom. The lowest BCUT2D eigenvalue weighted by Gasteiger charge is -2.25. The molecule has 0 aliphatic carbocycles. The van der Waals surface area contributed by atoms with Crippen molar-refractivity contribution in [1.29, 1.82) is 0 Å². The fourth-order valence-corrected chi connectivity index (χ4v) is 7.34. The molecule has 0 bridgehead atoms. The van der Waals surface area contributed by atoms with Crippen molar-refractivity contribution in [3.05, 3.63) is 45.3 Å². The highest BCUT2D eigenvalue weighted by atomic mass is 31.2. The van der Waals surface area contributed by atoms with Gasteiger partial charge in [-0.1, -0.05) is 0 Å². The second-order valence-corrected chi connectivity index (χ2v) is 13.3. The number of nitrogens with two attached hydrogens (primary N) is 2. The first-order chi connectivity index (χ1) is 21.7. The number of halogens is 2. The van der Waals surface area contributed by atoms with Crippen molar-refractivity contribution < 1.29 is 50.7 Å². The third-order valence-electron chi connectivity index (χ3n) is 7.32. The summed E-state index contributed by atoms with van der Waals surface area (Å²) in [6.07, 6.45) is -12.2. The fourth-order valence-electron chi connectivity index (χ4n) is 5.34. The minimum atomic E-state index is -5.20. The second kappa shape index (κ2) is 10.8. The van der Waals surface area contributed by atoms with Crippen LogP contribution >= 0.6 is 15.4 Å². The number of fused-ring (bicyclic) bond motifs is 4. The van der Waals surface area contributed by atoms with Crippen molar-refractivity contribution in [2.45, 2.75) is 49.2 Å². The van der Waals surface area contributed by atoms with Gasteiger partial charge in [0.05, 0.1) is 19.3 Å². The highest BCUT2D eigenvalue weighted by molar-refractivity contribution is 7.56. The van der Waals surface area contributed by atoms with E-state index in [1.807, 2.05) is 0 Å². The summed E-state index contributed by atoms with van der Waals surface area (Å²) >= 11 is 0. The molecule has 7 heterocycles. The van der Waals surface area contributed by atoms with Crippen molar-refractivity contribution in [1.82, 2.24) is 39.0 Å². The zero-order valence-electron chi connectivity index (χ0n) is 22.7. The molecular formula is C21H22F2N10O11P2. The first kappa shape index (κ1) is 30.7. The minimum Gasteiger partial charge on any atom is -0.369 e. The summed E-state index contributed by atoms with van der Waals surface area (Å²) in [4.78, 5) is 65.6. The van der Waals surface area contributed by atoms with Gasteiger partial charge in [0.2, 0.25) is 11.9 Å². The van der Waals surface area contributed by atoms with E-state index in [1.54, 1.807) is 0 Å². The lowest BCUT2D eigenvalue weighted by atomic mass is 10.1.